The molecule has 0 bridgehead atoms. The van der Waals surface area contributed by atoms with Gasteiger partial charge in [0.05, 0.1) is 25.0 Å². The average molecular weight is 339 g/mol. The van der Waals surface area contributed by atoms with E-state index in [1.54, 1.807) is 19.5 Å². The molecule has 5 nitrogen and oxygen atoms in total. The number of aryl methyl sites for hydroxylation is 1. The Morgan fingerprint density at radius 1 is 1.40 bits per heavy atom. The highest BCUT2D eigenvalue weighted by Gasteiger charge is 2.23. The van der Waals surface area contributed by atoms with Crippen molar-refractivity contribution in [3.8, 4) is 5.75 Å². The largest absolute Gasteiger partial charge is 0.493 e. The van der Waals surface area contributed by atoms with Crippen molar-refractivity contribution in [1.82, 2.24) is 20.1 Å². The van der Waals surface area contributed by atoms with Gasteiger partial charge in [-0.05, 0) is 41.5 Å². The van der Waals surface area contributed by atoms with Gasteiger partial charge in [-0.15, -0.1) is 0 Å². The number of halogens is 1. The van der Waals surface area contributed by atoms with Gasteiger partial charge >= 0.3 is 0 Å². The van der Waals surface area contributed by atoms with Crippen LogP contribution in [0.5, 0.6) is 5.75 Å². The maximum absolute atomic E-state index is 5.44. The number of nitrogens with one attached hydrogen (secondary N) is 1. The van der Waals surface area contributed by atoms with E-state index in [4.69, 9.17) is 4.74 Å². The van der Waals surface area contributed by atoms with Crippen LogP contribution in [-0.4, -0.2) is 28.9 Å². The summed E-state index contributed by atoms with van der Waals surface area (Å²) in [5.41, 5.74) is 1.94. The lowest BCUT2D eigenvalue weighted by atomic mass is 10.1. The first kappa shape index (κ1) is 15.0. The van der Waals surface area contributed by atoms with Gasteiger partial charge in [-0.2, -0.15) is 5.10 Å². The van der Waals surface area contributed by atoms with Gasteiger partial charge in [0, 0.05) is 17.2 Å². The molecule has 0 radical (unpaired) electrons. The Bertz CT molecular complexity index is 553. The first-order chi connectivity index (χ1) is 9.71. The zero-order valence-corrected chi connectivity index (χ0v) is 13.5. The molecule has 0 aromatic carbocycles. The summed E-state index contributed by atoms with van der Waals surface area (Å²) < 4.78 is 8.38. The molecular weight excluding hydrogens is 320 g/mol. The molecule has 20 heavy (non-hydrogen) atoms. The standard InChI is InChI=1S/C14H19BrN4O/c1-4-7-19-14(12(20-3)9-18-19)13(16-2)11-6-5-10(15)8-17-11/h5-6,8-9,13,16H,4,7H2,1-3H3. The summed E-state index contributed by atoms with van der Waals surface area (Å²) in [4.78, 5) is 4.48. The van der Waals surface area contributed by atoms with Gasteiger partial charge in [0.25, 0.3) is 0 Å². The summed E-state index contributed by atoms with van der Waals surface area (Å²) in [6.07, 6.45) is 4.57. The summed E-state index contributed by atoms with van der Waals surface area (Å²) in [6.45, 7) is 2.98. The summed E-state index contributed by atoms with van der Waals surface area (Å²) in [5.74, 6) is 0.780. The van der Waals surface area contributed by atoms with Gasteiger partial charge in [-0.25, -0.2) is 0 Å². The quantitative estimate of drug-likeness (QED) is 0.879. The minimum absolute atomic E-state index is 0.0490. The molecule has 0 spiro atoms. The number of aromatic nitrogens is 3. The van der Waals surface area contributed by atoms with E-state index in [1.165, 1.54) is 0 Å². The third kappa shape index (κ3) is 3.02. The summed E-state index contributed by atoms with van der Waals surface area (Å²) in [6, 6.07) is 3.93. The first-order valence-corrected chi connectivity index (χ1v) is 7.39. The van der Waals surface area contributed by atoms with Gasteiger partial charge in [-0.1, -0.05) is 6.92 Å². The van der Waals surface area contributed by atoms with Crippen LogP contribution in [0.4, 0.5) is 0 Å². The Balaban J connectivity index is 2.44. The first-order valence-electron chi connectivity index (χ1n) is 6.59. The van der Waals surface area contributed by atoms with Crippen molar-refractivity contribution < 1.29 is 4.74 Å². The highest BCUT2D eigenvalue weighted by atomic mass is 79.9. The van der Waals surface area contributed by atoms with Gasteiger partial charge in [0.2, 0.25) is 0 Å². The fourth-order valence-corrected chi connectivity index (χ4v) is 2.43. The van der Waals surface area contributed by atoms with Crippen LogP contribution in [0.1, 0.15) is 30.8 Å². The average Bonchev–Trinajstić information content (AvgIpc) is 2.85. The fourth-order valence-electron chi connectivity index (χ4n) is 2.20. The third-order valence-corrected chi connectivity index (χ3v) is 3.58. The SMILES string of the molecule is CCCn1ncc(OC)c1C(NC)c1ccc(Br)cn1. The van der Waals surface area contributed by atoms with E-state index in [0.29, 0.717) is 0 Å². The molecule has 108 valence electrons. The predicted octanol–water partition coefficient (Wildman–Crippen LogP) is 2.77. The number of ether oxygens (including phenoxy) is 1. The molecule has 0 amide bonds. The second-order valence-corrected chi connectivity index (χ2v) is 5.36. The molecule has 2 rings (SSSR count). The van der Waals surface area contributed by atoms with E-state index in [0.717, 1.165) is 34.6 Å². The molecule has 2 aromatic rings. The molecule has 0 aliphatic carbocycles. The highest BCUT2D eigenvalue weighted by Crippen LogP contribution is 2.29. The van der Waals surface area contributed by atoms with Crippen LogP contribution in [0, 0.1) is 0 Å². The molecular formula is C14H19BrN4O. The molecule has 2 aromatic heterocycles. The van der Waals surface area contributed by atoms with Crippen LogP contribution < -0.4 is 10.1 Å². The number of methoxy groups -OCH3 is 1. The van der Waals surface area contributed by atoms with Crippen LogP contribution in [0.15, 0.2) is 29.0 Å². The molecule has 0 aliphatic heterocycles. The van der Waals surface area contributed by atoms with E-state index in [1.807, 2.05) is 23.9 Å². The van der Waals surface area contributed by atoms with Gasteiger partial charge in [0.1, 0.15) is 5.69 Å². The highest BCUT2D eigenvalue weighted by molar-refractivity contribution is 9.10. The number of rotatable bonds is 6. The number of pyridine rings is 1. The van der Waals surface area contributed by atoms with Gasteiger partial charge in [0.15, 0.2) is 5.75 Å². The molecule has 0 saturated carbocycles. The lowest BCUT2D eigenvalue weighted by molar-refractivity contribution is 0.399. The van der Waals surface area contributed by atoms with E-state index in [-0.39, 0.29) is 6.04 Å². The van der Waals surface area contributed by atoms with E-state index in [2.05, 4.69) is 38.3 Å². The lowest BCUT2D eigenvalue weighted by Gasteiger charge is -2.18. The van der Waals surface area contributed by atoms with Crippen molar-refractivity contribution in [3.05, 3.63) is 40.4 Å². The van der Waals surface area contributed by atoms with Crippen LogP contribution in [-0.2, 0) is 6.54 Å². The second-order valence-electron chi connectivity index (χ2n) is 4.44. The maximum Gasteiger partial charge on any atom is 0.161 e. The molecule has 2 heterocycles. The summed E-state index contributed by atoms with van der Waals surface area (Å²) >= 11 is 3.41. The fraction of sp³-hybridized carbons (Fsp3) is 0.429. The maximum atomic E-state index is 5.44. The minimum atomic E-state index is -0.0490. The second kappa shape index (κ2) is 6.85. The molecule has 0 aliphatic rings. The topological polar surface area (TPSA) is 52.0 Å². The summed E-state index contributed by atoms with van der Waals surface area (Å²) in [7, 11) is 3.58. The minimum Gasteiger partial charge on any atom is -0.493 e. The number of nitrogens with zero attached hydrogens (tertiary/aromatic N) is 3. The lowest BCUT2D eigenvalue weighted by Crippen LogP contribution is -2.23. The van der Waals surface area contributed by atoms with Crippen molar-refractivity contribution in [2.75, 3.05) is 14.2 Å². The zero-order valence-electron chi connectivity index (χ0n) is 11.9. The smallest absolute Gasteiger partial charge is 0.161 e. The van der Waals surface area contributed by atoms with Crippen molar-refractivity contribution in [1.29, 1.82) is 0 Å². The van der Waals surface area contributed by atoms with E-state index < -0.39 is 0 Å². The molecule has 1 atom stereocenters. The van der Waals surface area contributed by atoms with Crippen molar-refractivity contribution >= 4 is 15.9 Å². The van der Waals surface area contributed by atoms with Crippen LogP contribution in [0.3, 0.4) is 0 Å². The molecule has 0 fully saturated rings. The Labute approximate surface area is 127 Å². The third-order valence-electron chi connectivity index (χ3n) is 3.11. The Kier molecular flexibility index (Phi) is 5.14. The normalized spacial score (nSPS) is 12.4. The molecule has 1 unspecified atom stereocenters. The predicted molar refractivity (Wildman–Crippen MR) is 81.9 cm³/mol. The van der Waals surface area contributed by atoms with Crippen molar-refractivity contribution in [2.24, 2.45) is 0 Å². The Morgan fingerprint density at radius 3 is 2.75 bits per heavy atom. The van der Waals surface area contributed by atoms with Crippen LogP contribution in [0.25, 0.3) is 0 Å². The molecule has 1 N–H and O–H groups in total. The van der Waals surface area contributed by atoms with Crippen LogP contribution in [0.2, 0.25) is 0 Å². The summed E-state index contributed by atoms with van der Waals surface area (Å²) in [5, 5.41) is 7.70. The zero-order chi connectivity index (χ0) is 14.5. The van der Waals surface area contributed by atoms with E-state index >= 15 is 0 Å². The Morgan fingerprint density at radius 2 is 2.20 bits per heavy atom. The molecule has 6 heteroatoms. The van der Waals surface area contributed by atoms with Gasteiger partial charge < -0.3 is 10.1 Å². The van der Waals surface area contributed by atoms with Crippen LogP contribution >= 0.6 is 15.9 Å². The van der Waals surface area contributed by atoms with E-state index in [9.17, 15) is 0 Å². The van der Waals surface area contributed by atoms with Gasteiger partial charge in [-0.3, -0.25) is 9.67 Å². The number of hydrogen-bond acceptors (Lipinski definition) is 4. The Hall–Kier alpha value is -1.40. The van der Waals surface area contributed by atoms with Crippen molar-refractivity contribution in [3.63, 3.8) is 0 Å². The number of hydrogen-bond donors (Lipinski definition) is 1. The van der Waals surface area contributed by atoms with Crippen molar-refractivity contribution in [2.45, 2.75) is 25.9 Å². The monoisotopic (exact) mass is 338 g/mol. The molecule has 0 saturated heterocycles.